The van der Waals surface area contributed by atoms with Crippen LogP contribution in [0, 0.1) is 0 Å². The van der Waals surface area contributed by atoms with Crippen molar-refractivity contribution >= 4 is 0 Å². The summed E-state index contributed by atoms with van der Waals surface area (Å²) >= 11 is 0. The zero-order chi connectivity index (χ0) is 8.70. The van der Waals surface area contributed by atoms with E-state index >= 15 is 0 Å². The molecule has 0 aliphatic carbocycles. The minimum atomic E-state index is -4.61. The summed E-state index contributed by atoms with van der Waals surface area (Å²) in [6.07, 6.45) is -4.61. The fourth-order valence-electron chi connectivity index (χ4n) is 0.812. The highest BCUT2D eigenvalue weighted by Crippen LogP contribution is 2.37. The van der Waals surface area contributed by atoms with Crippen LogP contribution in [0.4, 0.5) is 17.6 Å². The van der Waals surface area contributed by atoms with Crippen LogP contribution in [0.5, 0.6) is 0 Å². The van der Waals surface area contributed by atoms with E-state index in [2.05, 4.69) is 11.9 Å². The van der Waals surface area contributed by atoms with E-state index in [4.69, 9.17) is 0 Å². The Hall–Kier alpha value is -0.580. The first kappa shape index (κ1) is 8.52. The van der Waals surface area contributed by atoms with Gasteiger partial charge in [0.1, 0.15) is 0 Å². The number of alkyl halides is 4. The van der Waals surface area contributed by atoms with Crippen molar-refractivity contribution in [3.63, 3.8) is 0 Å². The quantitative estimate of drug-likeness (QED) is 0.462. The van der Waals surface area contributed by atoms with Gasteiger partial charge in [-0.1, -0.05) is 6.58 Å². The van der Waals surface area contributed by atoms with Crippen molar-refractivity contribution in [1.82, 2.24) is 5.32 Å². The first-order valence-corrected chi connectivity index (χ1v) is 3.02. The third-order valence-corrected chi connectivity index (χ3v) is 1.69. The molecule has 0 unspecified atom stereocenters. The fraction of sp³-hybridized carbons (Fsp3) is 0.667. The maximum absolute atomic E-state index is 12.9. The first-order valence-electron chi connectivity index (χ1n) is 3.02. The SMILES string of the molecule is C=C(C(F)(F)F)C1(F)CNC1. The summed E-state index contributed by atoms with van der Waals surface area (Å²) in [6, 6.07) is 0. The summed E-state index contributed by atoms with van der Waals surface area (Å²) in [6.45, 7) is 2.11. The van der Waals surface area contributed by atoms with Crippen LogP contribution in [0.1, 0.15) is 0 Å². The van der Waals surface area contributed by atoms with Crippen LogP contribution < -0.4 is 5.32 Å². The standard InChI is InChI=1S/C6H7F4N/c1-4(6(8,9)10)5(7)2-11-3-5/h11H,1-3H2. The molecule has 0 aromatic heterocycles. The maximum Gasteiger partial charge on any atom is 0.415 e. The highest BCUT2D eigenvalue weighted by atomic mass is 19.4. The van der Waals surface area contributed by atoms with Crippen LogP contribution in [0.3, 0.4) is 0 Å². The minimum absolute atomic E-state index is 0.286. The Morgan fingerprint density at radius 3 is 1.91 bits per heavy atom. The van der Waals surface area contributed by atoms with E-state index in [1.54, 1.807) is 0 Å². The molecule has 1 N–H and O–H groups in total. The largest absolute Gasteiger partial charge is 0.415 e. The Morgan fingerprint density at radius 2 is 1.82 bits per heavy atom. The van der Waals surface area contributed by atoms with Crippen molar-refractivity contribution in [3.05, 3.63) is 12.2 Å². The molecular formula is C6H7F4N. The average molecular weight is 169 g/mol. The number of halogens is 4. The summed E-state index contributed by atoms with van der Waals surface area (Å²) in [4.78, 5) is 0. The Labute approximate surface area is 61.1 Å². The molecule has 0 radical (unpaired) electrons. The van der Waals surface area contributed by atoms with E-state index in [9.17, 15) is 17.6 Å². The molecule has 0 aromatic carbocycles. The van der Waals surface area contributed by atoms with Crippen molar-refractivity contribution < 1.29 is 17.6 Å². The van der Waals surface area contributed by atoms with Crippen LogP contribution in [0.15, 0.2) is 12.2 Å². The molecule has 1 rings (SSSR count). The first-order chi connectivity index (χ1) is 4.86. The molecule has 0 bridgehead atoms. The Kier molecular flexibility index (Phi) is 1.70. The average Bonchev–Trinajstić information content (AvgIpc) is 1.79. The molecule has 1 fully saturated rings. The lowest BCUT2D eigenvalue weighted by Gasteiger charge is -2.37. The molecule has 11 heavy (non-hydrogen) atoms. The van der Waals surface area contributed by atoms with E-state index in [1.165, 1.54) is 0 Å². The van der Waals surface area contributed by atoms with Crippen LogP contribution in [-0.2, 0) is 0 Å². The van der Waals surface area contributed by atoms with Crippen molar-refractivity contribution in [2.75, 3.05) is 13.1 Å². The van der Waals surface area contributed by atoms with Crippen molar-refractivity contribution in [1.29, 1.82) is 0 Å². The van der Waals surface area contributed by atoms with E-state index in [0.717, 1.165) is 0 Å². The zero-order valence-electron chi connectivity index (χ0n) is 5.63. The van der Waals surface area contributed by atoms with Crippen molar-refractivity contribution in [3.8, 4) is 0 Å². The Morgan fingerprint density at radius 1 is 1.36 bits per heavy atom. The predicted molar refractivity (Wildman–Crippen MR) is 31.9 cm³/mol. The number of nitrogens with one attached hydrogen (secondary N) is 1. The molecule has 1 saturated heterocycles. The molecular weight excluding hydrogens is 162 g/mol. The number of hydrogen-bond donors (Lipinski definition) is 1. The maximum atomic E-state index is 12.9. The topological polar surface area (TPSA) is 12.0 Å². The lowest BCUT2D eigenvalue weighted by Crippen LogP contribution is -2.59. The molecule has 1 nitrogen and oxygen atoms in total. The lowest BCUT2D eigenvalue weighted by atomic mass is 9.90. The monoisotopic (exact) mass is 169 g/mol. The highest BCUT2D eigenvalue weighted by molar-refractivity contribution is 5.23. The second-order valence-corrected chi connectivity index (χ2v) is 2.55. The molecule has 0 atom stereocenters. The van der Waals surface area contributed by atoms with Crippen LogP contribution >= 0.6 is 0 Å². The second kappa shape index (κ2) is 2.20. The fourth-order valence-corrected chi connectivity index (χ4v) is 0.812. The third-order valence-electron chi connectivity index (χ3n) is 1.69. The van der Waals surface area contributed by atoms with Gasteiger partial charge in [0.05, 0.1) is 5.57 Å². The zero-order valence-corrected chi connectivity index (χ0v) is 5.63. The van der Waals surface area contributed by atoms with Gasteiger partial charge in [0.2, 0.25) is 0 Å². The molecule has 1 aliphatic rings. The Bertz CT molecular complexity index is 180. The van der Waals surface area contributed by atoms with Gasteiger partial charge in [0.15, 0.2) is 5.67 Å². The summed E-state index contributed by atoms with van der Waals surface area (Å²) in [5.74, 6) is 0. The molecule has 0 saturated carbocycles. The lowest BCUT2D eigenvalue weighted by molar-refractivity contribution is -0.114. The normalized spacial score (nSPS) is 22.5. The summed E-state index contributed by atoms with van der Waals surface area (Å²) in [5, 5.41) is 2.42. The molecule has 0 amide bonds. The van der Waals surface area contributed by atoms with Gasteiger partial charge in [-0.25, -0.2) is 4.39 Å². The van der Waals surface area contributed by atoms with Crippen molar-refractivity contribution in [2.45, 2.75) is 11.8 Å². The van der Waals surface area contributed by atoms with E-state index in [0.29, 0.717) is 0 Å². The van der Waals surface area contributed by atoms with Gasteiger partial charge in [-0.3, -0.25) is 0 Å². The molecule has 0 aromatic rings. The predicted octanol–water partition coefficient (Wildman–Crippen LogP) is 1.42. The minimum Gasteiger partial charge on any atom is -0.310 e. The number of rotatable bonds is 1. The second-order valence-electron chi connectivity index (χ2n) is 2.55. The summed E-state index contributed by atoms with van der Waals surface area (Å²) in [7, 11) is 0. The Balaban J connectivity index is 2.68. The van der Waals surface area contributed by atoms with Gasteiger partial charge in [0, 0.05) is 13.1 Å². The molecule has 64 valence electrons. The summed E-state index contributed by atoms with van der Waals surface area (Å²) < 4.78 is 48.3. The van der Waals surface area contributed by atoms with Gasteiger partial charge in [-0.15, -0.1) is 0 Å². The molecule has 1 heterocycles. The smallest absolute Gasteiger partial charge is 0.310 e. The summed E-state index contributed by atoms with van der Waals surface area (Å²) in [5.41, 5.74) is -3.55. The van der Waals surface area contributed by atoms with Crippen LogP contribution in [0.2, 0.25) is 0 Å². The number of hydrogen-bond acceptors (Lipinski definition) is 1. The third kappa shape index (κ3) is 1.38. The van der Waals surface area contributed by atoms with E-state index in [-0.39, 0.29) is 13.1 Å². The van der Waals surface area contributed by atoms with Crippen LogP contribution in [-0.4, -0.2) is 24.9 Å². The van der Waals surface area contributed by atoms with E-state index < -0.39 is 17.4 Å². The van der Waals surface area contributed by atoms with Crippen LogP contribution in [0.25, 0.3) is 0 Å². The highest BCUT2D eigenvalue weighted by Gasteiger charge is 2.51. The van der Waals surface area contributed by atoms with Gasteiger partial charge in [0.25, 0.3) is 0 Å². The van der Waals surface area contributed by atoms with Gasteiger partial charge < -0.3 is 5.32 Å². The molecule has 1 aliphatic heterocycles. The van der Waals surface area contributed by atoms with Gasteiger partial charge in [-0.2, -0.15) is 13.2 Å². The van der Waals surface area contributed by atoms with Crippen molar-refractivity contribution in [2.24, 2.45) is 0 Å². The van der Waals surface area contributed by atoms with Gasteiger partial charge in [-0.05, 0) is 0 Å². The van der Waals surface area contributed by atoms with E-state index in [1.807, 2.05) is 0 Å². The molecule has 0 spiro atoms. The van der Waals surface area contributed by atoms with Gasteiger partial charge >= 0.3 is 6.18 Å². The molecule has 5 heteroatoms.